The molecule has 1 heterocycles. The van der Waals surface area contributed by atoms with E-state index in [9.17, 15) is 30.7 Å². The molecule has 2 rings (SSSR count). The van der Waals surface area contributed by atoms with Crippen LogP contribution in [0.4, 0.5) is 30.7 Å². The summed E-state index contributed by atoms with van der Waals surface area (Å²) in [5.74, 6) is -0.606. The Kier molecular flexibility index (Phi) is 6.15. The summed E-state index contributed by atoms with van der Waals surface area (Å²) in [5.41, 5.74) is 0.0850. The highest BCUT2D eigenvalue weighted by atomic mass is 19.4. The Labute approximate surface area is 139 Å². The molecule has 3 nitrogen and oxygen atoms in total. The Balaban J connectivity index is 2.25. The first-order valence-corrected chi connectivity index (χ1v) is 7.55. The van der Waals surface area contributed by atoms with Gasteiger partial charge in [0.25, 0.3) is 0 Å². The minimum atomic E-state index is -4.72. The summed E-state index contributed by atoms with van der Waals surface area (Å²) < 4.78 is 93.3. The van der Waals surface area contributed by atoms with Crippen molar-refractivity contribution in [3.63, 3.8) is 0 Å². The molecule has 1 atom stereocenters. The molecule has 1 fully saturated rings. The molecule has 0 spiro atoms. The minimum Gasteiger partial charge on any atom is -0.428 e. The van der Waals surface area contributed by atoms with Crippen LogP contribution in [-0.2, 0) is 0 Å². The maximum Gasteiger partial charge on any atom is 0.461 e. The van der Waals surface area contributed by atoms with Gasteiger partial charge in [0, 0.05) is 32.2 Å². The van der Waals surface area contributed by atoms with Gasteiger partial charge in [-0.05, 0) is 17.7 Å². The van der Waals surface area contributed by atoms with E-state index in [2.05, 4.69) is 10.1 Å². The molecule has 0 saturated carbocycles. The molecule has 0 bridgehead atoms. The van der Waals surface area contributed by atoms with Crippen LogP contribution in [0.15, 0.2) is 24.3 Å². The maximum absolute atomic E-state index is 13.0. The molecule has 0 aromatic heterocycles. The molecule has 0 amide bonds. The van der Waals surface area contributed by atoms with Crippen molar-refractivity contribution >= 4 is 0 Å². The summed E-state index contributed by atoms with van der Waals surface area (Å²) in [7, 11) is 0. The van der Waals surface area contributed by atoms with Crippen molar-refractivity contribution in [2.24, 2.45) is 0 Å². The lowest BCUT2D eigenvalue weighted by Gasteiger charge is -2.35. The molecule has 0 radical (unpaired) electrons. The van der Waals surface area contributed by atoms with Gasteiger partial charge in [0.1, 0.15) is 5.75 Å². The standard InChI is InChI=1S/C15H17F7N2O/c16-13(17)15(21,22)25-11-3-1-2-10(8-11)12(9-14(18,19)20)24-6-4-23-5-7-24/h1-3,8,12-13,23H,4-7,9H2/t12-/m1/s1. The summed E-state index contributed by atoms with van der Waals surface area (Å²) >= 11 is 0. The Bertz CT molecular complexity index is 559. The Morgan fingerprint density at radius 3 is 2.28 bits per heavy atom. The van der Waals surface area contributed by atoms with Crippen LogP contribution in [-0.4, -0.2) is 49.8 Å². The van der Waals surface area contributed by atoms with Gasteiger partial charge in [0.05, 0.1) is 6.42 Å². The number of ether oxygens (including phenoxy) is 1. The first-order valence-electron chi connectivity index (χ1n) is 7.55. The van der Waals surface area contributed by atoms with E-state index in [4.69, 9.17) is 0 Å². The number of piperazine rings is 1. The van der Waals surface area contributed by atoms with E-state index < -0.39 is 36.9 Å². The summed E-state index contributed by atoms with van der Waals surface area (Å²) in [5, 5.41) is 3.01. The maximum atomic E-state index is 13.0. The van der Waals surface area contributed by atoms with Crippen molar-refractivity contribution in [2.75, 3.05) is 26.2 Å². The van der Waals surface area contributed by atoms with E-state index >= 15 is 0 Å². The molecule has 0 aliphatic carbocycles. The van der Waals surface area contributed by atoms with Gasteiger partial charge < -0.3 is 10.1 Å². The minimum absolute atomic E-state index is 0.0850. The van der Waals surface area contributed by atoms with E-state index in [-0.39, 0.29) is 5.56 Å². The fourth-order valence-corrected chi connectivity index (χ4v) is 2.66. The third kappa shape index (κ3) is 5.74. The molecule has 1 aromatic rings. The normalized spacial score (nSPS) is 18.4. The number of benzene rings is 1. The number of nitrogens with one attached hydrogen (secondary N) is 1. The van der Waals surface area contributed by atoms with Gasteiger partial charge in [-0.3, -0.25) is 4.90 Å². The molecule has 1 aliphatic heterocycles. The highest BCUT2D eigenvalue weighted by Gasteiger charge is 2.44. The molecule has 1 aromatic carbocycles. The Morgan fingerprint density at radius 2 is 1.72 bits per heavy atom. The number of halogens is 7. The van der Waals surface area contributed by atoms with Crippen LogP contribution < -0.4 is 10.1 Å². The van der Waals surface area contributed by atoms with Crippen LogP contribution in [0, 0.1) is 0 Å². The number of alkyl halides is 7. The van der Waals surface area contributed by atoms with Crippen LogP contribution >= 0.6 is 0 Å². The van der Waals surface area contributed by atoms with Crippen molar-refractivity contribution in [1.29, 1.82) is 0 Å². The van der Waals surface area contributed by atoms with Gasteiger partial charge >= 0.3 is 18.7 Å². The summed E-state index contributed by atoms with van der Waals surface area (Å²) in [4.78, 5) is 1.58. The van der Waals surface area contributed by atoms with Crippen molar-refractivity contribution in [3.8, 4) is 5.75 Å². The van der Waals surface area contributed by atoms with Crippen molar-refractivity contribution in [3.05, 3.63) is 29.8 Å². The second kappa shape index (κ2) is 7.77. The average Bonchev–Trinajstić information content (AvgIpc) is 2.52. The van der Waals surface area contributed by atoms with Crippen LogP contribution in [0.1, 0.15) is 18.0 Å². The molecular weight excluding hydrogens is 357 g/mol. The lowest BCUT2D eigenvalue weighted by molar-refractivity contribution is -0.253. The first kappa shape index (κ1) is 19.8. The molecular formula is C15H17F7N2O. The molecule has 1 N–H and O–H groups in total. The van der Waals surface area contributed by atoms with Gasteiger partial charge in [-0.2, -0.15) is 30.7 Å². The lowest BCUT2D eigenvalue weighted by Crippen LogP contribution is -2.46. The zero-order chi connectivity index (χ0) is 18.7. The third-order valence-corrected chi connectivity index (χ3v) is 3.77. The van der Waals surface area contributed by atoms with Gasteiger partial charge in [-0.1, -0.05) is 12.1 Å². The topological polar surface area (TPSA) is 24.5 Å². The van der Waals surface area contributed by atoms with Gasteiger partial charge in [-0.25, -0.2) is 0 Å². The van der Waals surface area contributed by atoms with E-state index in [0.29, 0.717) is 26.2 Å². The quantitative estimate of drug-likeness (QED) is 0.767. The zero-order valence-corrected chi connectivity index (χ0v) is 13.0. The highest BCUT2D eigenvalue weighted by Crippen LogP contribution is 2.36. The average molecular weight is 374 g/mol. The zero-order valence-electron chi connectivity index (χ0n) is 13.0. The van der Waals surface area contributed by atoms with Crippen LogP contribution in [0.3, 0.4) is 0 Å². The van der Waals surface area contributed by atoms with E-state index in [1.807, 2.05) is 0 Å². The van der Waals surface area contributed by atoms with Crippen LogP contribution in [0.2, 0.25) is 0 Å². The molecule has 25 heavy (non-hydrogen) atoms. The van der Waals surface area contributed by atoms with E-state index in [1.165, 1.54) is 12.1 Å². The number of hydrogen-bond donors (Lipinski definition) is 1. The second-order valence-electron chi connectivity index (χ2n) is 5.66. The smallest absolute Gasteiger partial charge is 0.428 e. The fraction of sp³-hybridized carbons (Fsp3) is 0.600. The summed E-state index contributed by atoms with van der Waals surface area (Å²) in [6.07, 6.45) is -14.4. The van der Waals surface area contributed by atoms with E-state index in [0.717, 1.165) is 12.1 Å². The SMILES string of the molecule is FC(F)C(F)(F)Oc1cccc([C@@H](CC(F)(F)F)N2CCNCC2)c1. The summed E-state index contributed by atoms with van der Waals surface area (Å²) in [6.45, 7) is 1.68. The van der Waals surface area contributed by atoms with Crippen molar-refractivity contribution in [1.82, 2.24) is 10.2 Å². The fourth-order valence-electron chi connectivity index (χ4n) is 2.66. The molecule has 10 heteroatoms. The van der Waals surface area contributed by atoms with Gasteiger partial charge in [-0.15, -0.1) is 0 Å². The predicted molar refractivity (Wildman–Crippen MR) is 75.9 cm³/mol. The largest absolute Gasteiger partial charge is 0.461 e. The van der Waals surface area contributed by atoms with Gasteiger partial charge in [0.15, 0.2) is 0 Å². The molecule has 1 saturated heterocycles. The molecule has 142 valence electrons. The lowest BCUT2D eigenvalue weighted by atomic mass is 10.0. The van der Waals surface area contributed by atoms with Crippen molar-refractivity contribution < 1.29 is 35.5 Å². The highest BCUT2D eigenvalue weighted by molar-refractivity contribution is 5.31. The second-order valence-corrected chi connectivity index (χ2v) is 5.66. The molecule has 1 aliphatic rings. The molecule has 0 unspecified atom stereocenters. The van der Waals surface area contributed by atoms with Crippen LogP contribution in [0.5, 0.6) is 5.75 Å². The monoisotopic (exact) mass is 374 g/mol. The first-order chi connectivity index (χ1) is 11.6. The van der Waals surface area contributed by atoms with Crippen molar-refractivity contribution in [2.45, 2.75) is 31.2 Å². The Hall–Kier alpha value is -1.55. The summed E-state index contributed by atoms with van der Waals surface area (Å²) in [6, 6.07) is 3.39. The number of hydrogen-bond acceptors (Lipinski definition) is 3. The third-order valence-electron chi connectivity index (χ3n) is 3.77. The van der Waals surface area contributed by atoms with Crippen LogP contribution in [0.25, 0.3) is 0 Å². The predicted octanol–water partition coefficient (Wildman–Crippen LogP) is 3.82. The number of rotatable bonds is 6. The number of nitrogens with zero attached hydrogens (tertiary/aromatic N) is 1. The van der Waals surface area contributed by atoms with Gasteiger partial charge in [0.2, 0.25) is 0 Å². The Morgan fingerprint density at radius 1 is 1.08 bits per heavy atom. The van der Waals surface area contributed by atoms with E-state index in [1.54, 1.807) is 4.90 Å².